The summed E-state index contributed by atoms with van der Waals surface area (Å²) in [6.07, 6.45) is 3.69. The lowest BCUT2D eigenvalue weighted by Crippen LogP contribution is -2.41. The zero-order valence-corrected chi connectivity index (χ0v) is 11.4. The first kappa shape index (κ1) is 11.9. The van der Waals surface area contributed by atoms with Crippen molar-refractivity contribution in [3.05, 3.63) is 34.6 Å². The normalized spacial score (nSPS) is 22.2. The molecule has 1 aromatic carbocycles. The van der Waals surface area contributed by atoms with Gasteiger partial charge in [0.2, 0.25) is 0 Å². The summed E-state index contributed by atoms with van der Waals surface area (Å²) in [6.45, 7) is 3.23. The van der Waals surface area contributed by atoms with E-state index in [1.54, 1.807) is 11.5 Å². The van der Waals surface area contributed by atoms with Crippen molar-refractivity contribution < 1.29 is 0 Å². The summed E-state index contributed by atoms with van der Waals surface area (Å²) >= 11 is 1.59. The highest BCUT2D eigenvalue weighted by Gasteiger charge is 2.23. The summed E-state index contributed by atoms with van der Waals surface area (Å²) in [5.74, 6) is 0. The molecule has 4 heteroatoms. The second-order valence-electron chi connectivity index (χ2n) is 5.02. The van der Waals surface area contributed by atoms with Gasteiger partial charge in [-0.15, -0.1) is 0 Å². The molecule has 3 rings (SSSR count). The SMILES string of the molecule is CC(C1CCCCN1)n1sc2ccccc2c1=O. The van der Waals surface area contributed by atoms with Gasteiger partial charge in [0.05, 0.1) is 16.1 Å². The summed E-state index contributed by atoms with van der Waals surface area (Å²) in [7, 11) is 0. The number of rotatable bonds is 2. The van der Waals surface area contributed by atoms with Crippen molar-refractivity contribution in [1.82, 2.24) is 9.27 Å². The van der Waals surface area contributed by atoms with E-state index in [0.29, 0.717) is 6.04 Å². The zero-order valence-electron chi connectivity index (χ0n) is 10.6. The fourth-order valence-electron chi connectivity index (χ4n) is 2.71. The van der Waals surface area contributed by atoms with E-state index >= 15 is 0 Å². The molecule has 0 spiro atoms. The van der Waals surface area contributed by atoms with E-state index in [1.165, 1.54) is 19.3 Å². The van der Waals surface area contributed by atoms with E-state index in [2.05, 4.69) is 12.2 Å². The number of benzene rings is 1. The zero-order chi connectivity index (χ0) is 12.5. The molecule has 0 radical (unpaired) electrons. The van der Waals surface area contributed by atoms with Crippen molar-refractivity contribution in [2.75, 3.05) is 6.54 Å². The molecule has 3 nitrogen and oxygen atoms in total. The van der Waals surface area contributed by atoms with E-state index in [4.69, 9.17) is 0 Å². The van der Waals surface area contributed by atoms with Crippen LogP contribution in [0.4, 0.5) is 0 Å². The van der Waals surface area contributed by atoms with Crippen LogP contribution in [0.1, 0.15) is 32.2 Å². The summed E-state index contributed by atoms with van der Waals surface area (Å²) < 4.78 is 3.03. The van der Waals surface area contributed by atoms with Gasteiger partial charge in [0.15, 0.2) is 0 Å². The average Bonchev–Trinajstić information content (AvgIpc) is 2.77. The van der Waals surface area contributed by atoms with Gasteiger partial charge in [-0.25, -0.2) is 0 Å². The van der Waals surface area contributed by atoms with Crippen LogP contribution in [0.15, 0.2) is 29.1 Å². The molecule has 0 bridgehead atoms. The fraction of sp³-hybridized carbons (Fsp3) is 0.500. The van der Waals surface area contributed by atoms with Gasteiger partial charge >= 0.3 is 0 Å². The first-order chi connectivity index (χ1) is 8.77. The van der Waals surface area contributed by atoms with Crippen LogP contribution < -0.4 is 10.9 Å². The van der Waals surface area contributed by atoms with Gasteiger partial charge in [0.1, 0.15) is 0 Å². The number of aromatic nitrogens is 1. The van der Waals surface area contributed by atoms with Gasteiger partial charge in [-0.3, -0.25) is 8.75 Å². The topological polar surface area (TPSA) is 34.0 Å². The van der Waals surface area contributed by atoms with Crippen LogP contribution >= 0.6 is 11.5 Å². The van der Waals surface area contributed by atoms with Crippen LogP contribution in [0.5, 0.6) is 0 Å². The lowest BCUT2D eigenvalue weighted by atomic mass is 9.99. The Bertz CT molecular complexity index is 595. The van der Waals surface area contributed by atoms with Gasteiger partial charge in [-0.05, 0) is 38.4 Å². The van der Waals surface area contributed by atoms with Crippen LogP contribution in [-0.2, 0) is 0 Å². The number of piperidine rings is 1. The Morgan fingerprint density at radius 1 is 1.39 bits per heavy atom. The fourth-order valence-corrected chi connectivity index (χ4v) is 3.81. The minimum atomic E-state index is 0.162. The summed E-state index contributed by atoms with van der Waals surface area (Å²) in [6, 6.07) is 8.56. The third kappa shape index (κ3) is 1.99. The number of hydrogen-bond acceptors (Lipinski definition) is 3. The first-order valence-electron chi connectivity index (χ1n) is 6.61. The molecule has 1 saturated heterocycles. The van der Waals surface area contributed by atoms with Crippen molar-refractivity contribution in [2.45, 2.75) is 38.3 Å². The average molecular weight is 262 g/mol. The molecule has 0 amide bonds. The summed E-state index contributed by atoms with van der Waals surface area (Å²) in [5, 5.41) is 4.39. The monoisotopic (exact) mass is 262 g/mol. The molecule has 18 heavy (non-hydrogen) atoms. The minimum Gasteiger partial charge on any atom is -0.312 e. The van der Waals surface area contributed by atoms with Crippen molar-refractivity contribution in [2.24, 2.45) is 0 Å². The van der Waals surface area contributed by atoms with Crippen LogP contribution in [0, 0.1) is 0 Å². The molecule has 2 heterocycles. The molecule has 2 unspecified atom stereocenters. The summed E-state index contributed by atoms with van der Waals surface area (Å²) in [4.78, 5) is 12.4. The standard InChI is InChI=1S/C14H18N2OS/c1-10(12-7-4-5-9-15-12)16-14(17)11-6-2-3-8-13(11)18-16/h2-3,6,8,10,12,15H,4-5,7,9H2,1H3. The maximum Gasteiger partial charge on any atom is 0.268 e. The molecule has 0 saturated carbocycles. The first-order valence-corrected chi connectivity index (χ1v) is 7.38. The van der Waals surface area contributed by atoms with Crippen molar-refractivity contribution in [3.63, 3.8) is 0 Å². The third-order valence-electron chi connectivity index (χ3n) is 3.81. The predicted molar refractivity (Wildman–Crippen MR) is 76.4 cm³/mol. The Morgan fingerprint density at radius 3 is 2.94 bits per heavy atom. The summed E-state index contributed by atoms with van der Waals surface area (Å²) in [5.41, 5.74) is 0.162. The molecular formula is C14H18N2OS. The maximum atomic E-state index is 12.4. The molecule has 1 N–H and O–H groups in total. The van der Waals surface area contributed by atoms with Crippen LogP contribution in [0.2, 0.25) is 0 Å². The Morgan fingerprint density at radius 2 is 2.22 bits per heavy atom. The Hall–Kier alpha value is -1.13. The number of fused-ring (bicyclic) bond motifs is 1. The maximum absolute atomic E-state index is 12.4. The van der Waals surface area contributed by atoms with Gasteiger partial charge in [-0.1, -0.05) is 30.1 Å². The van der Waals surface area contributed by atoms with E-state index in [1.807, 2.05) is 28.2 Å². The molecule has 1 aliphatic heterocycles. The van der Waals surface area contributed by atoms with Crippen LogP contribution in [0.3, 0.4) is 0 Å². The molecule has 1 aromatic heterocycles. The molecule has 2 atom stereocenters. The van der Waals surface area contributed by atoms with Gasteiger partial charge in [0.25, 0.3) is 5.56 Å². The molecule has 96 valence electrons. The molecule has 2 aromatic rings. The van der Waals surface area contributed by atoms with E-state index < -0.39 is 0 Å². The minimum absolute atomic E-state index is 0.162. The third-order valence-corrected chi connectivity index (χ3v) is 5.06. The van der Waals surface area contributed by atoms with E-state index in [0.717, 1.165) is 16.6 Å². The number of nitrogens with zero attached hydrogens (tertiary/aromatic N) is 1. The van der Waals surface area contributed by atoms with Gasteiger partial charge in [0, 0.05) is 6.04 Å². The largest absolute Gasteiger partial charge is 0.312 e. The second kappa shape index (κ2) is 4.86. The Balaban J connectivity index is 1.98. The molecular weight excluding hydrogens is 244 g/mol. The Kier molecular flexibility index (Phi) is 3.22. The number of hydrogen-bond donors (Lipinski definition) is 1. The van der Waals surface area contributed by atoms with Crippen LogP contribution in [-0.4, -0.2) is 16.5 Å². The number of nitrogens with one attached hydrogen (secondary N) is 1. The van der Waals surface area contributed by atoms with Gasteiger partial charge in [-0.2, -0.15) is 0 Å². The van der Waals surface area contributed by atoms with Crippen LogP contribution in [0.25, 0.3) is 10.1 Å². The van der Waals surface area contributed by atoms with Crippen molar-refractivity contribution in [1.29, 1.82) is 0 Å². The highest BCUT2D eigenvalue weighted by atomic mass is 32.1. The van der Waals surface area contributed by atoms with Crippen molar-refractivity contribution >= 4 is 21.6 Å². The molecule has 1 fully saturated rings. The molecule has 1 aliphatic rings. The highest BCUT2D eigenvalue weighted by Crippen LogP contribution is 2.24. The van der Waals surface area contributed by atoms with E-state index in [-0.39, 0.29) is 11.6 Å². The lowest BCUT2D eigenvalue weighted by Gasteiger charge is -2.28. The predicted octanol–water partition coefficient (Wildman–Crippen LogP) is 2.77. The van der Waals surface area contributed by atoms with Crippen molar-refractivity contribution in [3.8, 4) is 0 Å². The smallest absolute Gasteiger partial charge is 0.268 e. The quantitative estimate of drug-likeness (QED) is 0.903. The second-order valence-corrected chi connectivity index (χ2v) is 6.03. The van der Waals surface area contributed by atoms with E-state index in [9.17, 15) is 4.79 Å². The highest BCUT2D eigenvalue weighted by molar-refractivity contribution is 7.13. The lowest BCUT2D eigenvalue weighted by molar-refractivity contribution is 0.316. The Labute approximate surface area is 111 Å². The molecule has 0 aliphatic carbocycles. The van der Waals surface area contributed by atoms with Gasteiger partial charge < -0.3 is 5.32 Å².